The Morgan fingerprint density at radius 1 is 1.60 bits per heavy atom. The normalized spacial score (nSPS) is 10.3. The second kappa shape index (κ2) is 5.72. The number of carboxylic acid groups (broad SMARTS) is 1. The van der Waals surface area contributed by atoms with Gasteiger partial charge in [-0.3, -0.25) is 4.98 Å². The molecule has 2 N–H and O–H groups in total. The quantitative estimate of drug-likeness (QED) is 0.590. The number of carboxylic acids is 1. The Labute approximate surface area is 92.3 Å². The summed E-state index contributed by atoms with van der Waals surface area (Å²) in [4.78, 5) is 15.5. The van der Waals surface area contributed by atoms with E-state index in [0.29, 0.717) is 17.1 Å². The molecule has 5 heteroatoms. The number of nitrogens with zero attached hydrogens (tertiary/aromatic N) is 1. The van der Waals surface area contributed by atoms with E-state index in [-0.39, 0.29) is 12.2 Å². The monoisotopic (exact) mass is 227 g/mol. The largest absolute Gasteiger partial charge is 0.478 e. The van der Waals surface area contributed by atoms with Crippen molar-refractivity contribution < 1.29 is 15.0 Å². The lowest BCUT2D eigenvalue weighted by Gasteiger charge is -2.05. The lowest BCUT2D eigenvalue weighted by molar-refractivity contribution is 0.0692. The zero-order chi connectivity index (χ0) is 11.3. The number of hydrogen-bond acceptors (Lipinski definition) is 4. The summed E-state index contributed by atoms with van der Waals surface area (Å²) in [7, 11) is 0. The topological polar surface area (TPSA) is 70.4 Å². The van der Waals surface area contributed by atoms with Gasteiger partial charge in [-0.25, -0.2) is 4.79 Å². The smallest absolute Gasteiger partial charge is 0.338 e. The van der Waals surface area contributed by atoms with Crippen LogP contribution in [0.15, 0.2) is 17.2 Å². The van der Waals surface area contributed by atoms with E-state index in [9.17, 15) is 4.79 Å². The number of aryl methyl sites for hydroxylation is 1. The Bertz CT molecular complexity index is 355. The van der Waals surface area contributed by atoms with E-state index in [1.165, 1.54) is 18.0 Å². The highest BCUT2D eigenvalue weighted by Crippen LogP contribution is 2.23. The number of aliphatic hydroxyl groups excluding tert-OH is 1. The Balaban J connectivity index is 2.82. The molecule has 82 valence electrons. The fourth-order valence-corrected chi connectivity index (χ4v) is 2.10. The Hall–Kier alpha value is -1.07. The van der Waals surface area contributed by atoms with E-state index >= 15 is 0 Å². The van der Waals surface area contributed by atoms with Gasteiger partial charge < -0.3 is 10.2 Å². The van der Waals surface area contributed by atoms with Crippen molar-refractivity contribution in [1.29, 1.82) is 0 Å². The molecule has 1 aromatic heterocycles. The SMILES string of the molecule is Cc1cc(SCCCO)c(C(=O)O)cn1. The highest BCUT2D eigenvalue weighted by atomic mass is 32.2. The third-order valence-electron chi connectivity index (χ3n) is 1.79. The van der Waals surface area contributed by atoms with Crippen molar-refractivity contribution in [3.8, 4) is 0 Å². The van der Waals surface area contributed by atoms with Crippen molar-refractivity contribution in [2.24, 2.45) is 0 Å². The molecule has 1 rings (SSSR count). The molecular formula is C10H13NO3S. The number of rotatable bonds is 5. The highest BCUT2D eigenvalue weighted by Gasteiger charge is 2.10. The van der Waals surface area contributed by atoms with Crippen molar-refractivity contribution in [2.45, 2.75) is 18.2 Å². The molecule has 15 heavy (non-hydrogen) atoms. The van der Waals surface area contributed by atoms with Crippen LogP contribution in [0, 0.1) is 6.92 Å². The summed E-state index contributed by atoms with van der Waals surface area (Å²) in [6.07, 6.45) is 2.03. The first-order chi connectivity index (χ1) is 7.15. The molecule has 0 aliphatic carbocycles. The predicted octanol–water partition coefficient (Wildman–Crippen LogP) is 1.56. The lowest BCUT2D eigenvalue weighted by Crippen LogP contribution is -2.01. The molecule has 0 radical (unpaired) electrons. The Kier molecular flexibility index (Phi) is 4.58. The van der Waals surface area contributed by atoms with Gasteiger partial charge >= 0.3 is 5.97 Å². The number of thioether (sulfide) groups is 1. The second-order valence-corrected chi connectivity index (χ2v) is 4.19. The number of aromatic carboxylic acids is 1. The number of aromatic nitrogens is 1. The van der Waals surface area contributed by atoms with Gasteiger partial charge in [0.2, 0.25) is 0 Å². The molecule has 0 saturated heterocycles. The zero-order valence-corrected chi connectivity index (χ0v) is 9.25. The predicted molar refractivity (Wildman–Crippen MR) is 58.4 cm³/mol. The molecule has 1 heterocycles. The van der Waals surface area contributed by atoms with E-state index in [4.69, 9.17) is 10.2 Å². The van der Waals surface area contributed by atoms with Gasteiger partial charge in [-0.1, -0.05) is 0 Å². The third kappa shape index (κ3) is 3.53. The molecule has 1 aromatic rings. The molecule has 4 nitrogen and oxygen atoms in total. The van der Waals surface area contributed by atoms with E-state index in [1.54, 1.807) is 6.07 Å². The van der Waals surface area contributed by atoms with E-state index in [0.717, 1.165) is 5.69 Å². The number of pyridine rings is 1. The second-order valence-electron chi connectivity index (χ2n) is 3.05. The van der Waals surface area contributed by atoms with Gasteiger partial charge in [0.15, 0.2) is 0 Å². The molecule has 0 unspecified atom stereocenters. The lowest BCUT2D eigenvalue weighted by atomic mass is 10.2. The minimum Gasteiger partial charge on any atom is -0.478 e. The van der Waals surface area contributed by atoms with Gasteiger partial charge in [-0.05, 0) is 19.4 Å². The Morgan fingerprint density at radius 2 is 2.33 bits per heavy atom. The summed E-state index contributed by atoms with van der Waals surface area (Å²) in [5.74, 6) is -0.255. The zero-order valence-electron chi connectivity index (χ0n) is 8.43. The van der Waals surface area contributed by atoms with Crippen LogP contribution in [0.4, 0.5) is 0 Å². The summed E-state index contributed by atoms with van der Waals surface area (Å²) in [5.41, 5.74) is 1.02. The summed E-state index contributed by atoms with van der Waals surface area (Å²) >= 11 is 1.43. The number of hydrogen-bond donors (Lipinski definition) is 2. The van der Waals surface area contributed by atoms with Crippen LogP contribution in [0.25, 0.3) is 0 Å². The van der Waals surface area contributed by atoms with E-state index in [1.807, 2.05) is 6.92 Å². The van der Waals surface area contributed by atoms with Crippen LogP contribution < -0.4 is 0 Å². The maximum atomic E-state index is 10.9. The van der Waals surface area contributed by atoms with Gasteiger partial charge in [0, 0.05) is 29.1 Å². The maximum Gasteiger partial charge on any atom is 0.338 e. The van der Waals surface area contributed by atoms with E-state index in [2.05, 4.69) is 4.98 Å². The van der Waals surface area contributed by atoms with Crippen LogP contribution in [-0.4, -0.2) is 33.5 Å². The average Bonchev–Trinajstić information content (AvgIpc) is 2.18. The first kappa shape index (κ1) is 12.0. The first-order valence-electron chi connectivity index (χ1n) is 4.58. The number of carbonyl (C=O) groups is 1. The van der Waals surface area contributed by atoms with Crippen LogP contribution in [0.5, 0.6) is 0 Å². The molecular weight excluding hydrogens is 214 g/mol. The van der Waals surface area contributed by atoms with Crippen LogP contribution in [-0.2, 0) is 0 Å². The van der Waals surface area contributed by atoms with Crippen LogP contribution in [0.2, 0.25) is 0 Å². The summed E-state index contributed by atoms with van der Waals surface area (Å²) in [6.45, 7) is 1.95. The van der Waals surface area contributed by atoms with Gasteiger partial charge in [0.05, 0.1) is 5.56 Å². The van der Waals surface area contributed by atoms with Gasteiger partial charge in [-0.2, -0.15) is 0 Å². The maximum absolute atomic E-state index is 10.9. The third-order valence-corrected chi connectivity index (χ3v) is 2.93. The van der Waals surface area contributed by atoms with E-state index < -0.39 is 5.97 Å². The molecule has 0 fully saturated rings. The minimum atomic E-state index is -0.964. The molecule has 0 aliphatic heterocycles. The van der Waals surface area contributed by atoms with Crippen molar-refractivity contribution in [2.75, 3.05) is 12.4 Å². The first-order valence-corrected chi connectivity index (χ1v) is 5.57. The van der Waals surface area contributed by atoms with Crippen LogP contribution >= 0.6 is 11.8 Å². The van der Waals surface area contributed by atoms with Gasteiger partial charge in [0.25, 0.3) is 0 Å². The highest BCUT2D eigenvalue weighted by molar-refractivity contribution is 7.99. The minimum absolute atomic E-state index is 0.124. The van der Waals surface area contributed by atoms with Gasteiger partial charge in [-0.15, -0.1) is 11.8 Å². The molecule has 0 spiro atoms. The van der Waals surface area contributed by atoms with Crippen molar-refractivity contribution in [3.05, 3.63) is 23.5 Å². The summed E-state index contributed by atoms with van der Waals surface area (Å²) in [6, 6.07) is 1.76. The Morgan fingerprint density at radius 3 is 2.93 bits per heavy atom. The van der Waals surface area contributed by atoms with Gasteiger partial charge in [0.1, 0.15) is 0 Å². The molecule has 0 amide bonds. The molecule has 0 bridgehead atoms. The molecule has 0 atom stereocenters. The average molecular weight is 227 g/mol. The van der Waals surface area contributed by atoms with Crippen molar-refractivity contribution in [3.63, 3.8) is 0 Å². The molecule has 0 aliphatic rings. The molecule has 0 saturated carbocycles. The fourth-order valence-electron chi connectivity index (χ4n) is 1.06. The fraction of sp³-hybridized carbons (Fsp3) is 0.400. The van der Waals surface area contributed by atoms with Crippen molar-refractivity contribution >= 4 is 17.7 Å². The standard InChI is InChI=1S/C10H13NO3S/c1-7-5-9(15-4-2-3-12)8(6-11-7)10(13)14/h5-6,12H,2-4H2,1H3,(H,13,14). The number of aliphatic hydroxyl groups is 1. The van der Waals surface area contributed by atoms with Crippen LogP contribution in [0.1, 0.15) is 22.5 Å². The van der Waals surface area contributed by atoms with Crippen molar-refractivity contribution in [1.82, 2.24) is 4.98 Å². The summed E-state index contributed by atoms with van der Waals surface area (Å²) in [5, 5.41) is 17.5. The molecule has 0 aromatic carbocycles. The summed E-state index contributed by atoms with van der Waals surface area (Å²) < 4.78 is 0. The van der Waals surface area contributed by atoms with Crippen LogP contribution in [0.3, 0.4) is 0 Å².